The number of fused-ring (bicyclic) bond motifs is 1. The highest BCUT2D eigenvalue weighted by Crippen LogP contribution is 2.11. The molecule has 0 aliphatic heterocycles. The molecular formula is C8H10N4O. The van der Waals surface area contributed by atoms with E-state index in [1.54, 1.807) is 0 Å². The Balaban J connectivity index is 2.76. The molecule has 68 valence electrons. The minimum Gasteiger partial charge on any atom is -0.336 e. The second-order valence-electron chi connectivity index (χ2n) is 3.21. The summed E-state index contributed by atoms with van der Waals surface area (Å²) in [5.74, 6) is 1.06. The van der Waals surface area contributed by atoms with E-state index in [-0.39, 0.29) is 11.5 Å². The number of hydrogen-bond acceptors (Lipinski definition) is 3. The molecule has 0 atom stereocenters. The van der Waals surface area contributed by atoms with Crippen LogP contribution in [0.3, 0.4) is 0 Å². The zero-order valence-electron chi connectivity index (χ0n) is 7.46. The van der Waals surface area contributed by atoms with Gasteiger partial charge in [0.15, 0.2) is 11.2 Å². The lowest BCUT2D eigenvalue weighted by atomic mass is 10.2. The van der Waals surface area contributed by atoms with Crippen molar-refractivity contribution in [3.8, 4) is 0 Å². The molecule has 0 unspecified atom stereocenters. The van der Waals surface area contributed by atoms with Crippen LogP contribution in [0.5, 0.6) is 0 Å². The van der Waals surface area contributed by atoms with Gasteiger partial charge in [-0.05, 0) is 0 Å². The minimum absolute atomic E-state index is 0.176. The first-order valence-electron chi connectivity index (χ1n) is 4.12. The lowest BCUT2D eigenvalue weighted by molar-refractivity contribution is 0.798. The second kappa shape index (κ2) is 2.69. The average Bonchev–Trinajstić information content (AvgIpc) is 2.49. The van der Waals surface area contributed by atoms with Crippen molar-refractivity contribution >= 4 is 11.2 Å². The van der Waals surface area contributed by atoms with E-state index < -0.39 is 0 Å². The Morgan fingerprint density at radius 3 is 2.85 bits per heavy atom. The van der Waals surface area contributed by atoms with E-state index in [2.05, 4.69) is 19.9 Å². The van der Waals surface area contributed by atoms with Crippen molar-refractivity contribution in [2.75, 3.05) is 0 Å². The molecule has 2 aromatic rings. The number of nitrogens with zero attached hydrogens (tertiary/aromatic N) is 2. The van der Waals surface area contributed by atoms with Gasteiger partial charge in [-0.25, -0.2) is 9.97 Å². The minimum atomic E-state index is -0.176. The van der Waals surface area contributed by atoms with Crippen molar-refractivity contribution in [3.05, 3.63) is 22.5 Å². The van der Waals surface area contributed by atoms with E-state index in [1.807, 2.05) is 13.8 Å². The van der Waals surface area contributed by atoms with E-state index in [0.717, 1.165) is 5.82 Å². The molecule has 13 heavy (non-hydrogen) atoms. The van der Waals surface area contributed by atoms with Gasteiger partial charge in [-0.15, -0.1) is 0 Å². The van der Waals surface area contributed by atoms with Crippen molar-refractivity contribution < 1.29 is 0 Å². The molecule has 0 bridgehead atoms. The van der Waals surface area contributed by atoms with Gasteiger partial charge in [0.25, 0.3) is 5.56 Å². The zero-order chi connectivity index (χ0) is 9.42. The number of H-pyrrole nitrogens is 2. The Hall–Kier alpha value is -1.65. The predicted molar refractivity (Wildman–Crippen MR) is 48.6 cm³/mol. The second-order valence-corrected chi connectivity index (χ2v) is 3.21. The third-order valence-corrected chi connectivity index (χ3v) is 1.86. The molecule has 2 rings (SSSR count). The molecule has 2 aromatic heterocycles. The Morgan fingerprint density at radius 2 is 2.23 bits per heavy atom. The fraction of sp³-hybridized carbons (Fsp3) is 0.375. The summed E-state index contributed by atoms with van der Waals surface area (Å²) in [6.45, 7) is 4.01. The quantitative estimate of drug-likeness (QED) is 0.677. The number of aromatic nitrogens is 4. The normalized spacial score (nSPS) is 11.3. The van der Waals surface area contributed by atoms with Crippen molar-refractivity contribution in [1.29, 1.82) is 0 Å². The van der Waals surface area contributed by atoms with Crippen LogP contribution in [0, 0.1) is 0 Å². The number of imidazole rings is 1. The van der Waals surface area contributed by atoms with Crippen LogP contribution in [0.25, 0.3) is 11.2 Å². The molecule has 0 spiro atoms. The van der Waals surface area contributed by atoms with E-state index in [9.17, 15) is 4.79 Å². The molecule has 0 aliphatic rings. The molecule has 0 saturated heterocycles. The molecule has 0 radical (unpaired) electrons. The molecule has 2 heterocycles. The van der Waals surface area contributed by atoms with Crippen molar-refractivity contribution in [2.45, 2.75) is 19.8 Å². The number of aromatic amines is 2. The van der Waals surface area contributed by atoms with Gasteiger partial charge in [-0.3, -0.25) is 4.79 Å². The Morgan fingerprint density at radius 1 is 1.46 bits per heavy atom. The summed E-state index contributed by atoms with van der Waals surface area (Å²) in [6.07, 6.45) is 1.36. The maximum Gasteiger partial charge on any atom is 0.276 e. The standard InChI is InChI=1S/C8H10N4O/c1-4(2)6-11-5-7(12-6)9-3-10-8(5)13/h3-4H,1-2H3,(H2,9,10,11,12,13). The van der Waals surface area contributed by atoms with Gasteiger partial charge in [-0.1, -0.05) is 13.8 Å². The largest absolute Gasteiger partial charge is 0.336 e. The predicted octanol–water partition coefficient (Wildman–Crippen LogP) is 0.770. The molecule has 0 saturated carbocycles. The van der Waals surface area contributed by atoms with E-state index in [0.29, 0.717) is 11.2 Å². The summed E-state index contributed by atoms with van der Waals surface area (Å²) in [4.78, 5) is 24.8. The lowest BCUT2D eigenvalue weighted by Crippen LogP contribution is -2.05. The maximum atomic E-state index is 11.2. The monoisotopic (exact) mass is 178 g/mol. The van der Waals surface area contributed by atoms with Gasteiger partial charge >= 0.3 is 0 Å². The molecule has 5 heteroatoms. The summed E-state index contributed by atoms with van der Waals surface area (Å²) in [5, 5.41) is 0. The van der Waals surface area contributed by atoms with Crippen LogP contribution in [-0.4, -0.2) is 19.9 Å². The van der Waals surface area contributed by atoms with E-state index in [4.69, 9.17) is 0 Å². The maximum absolute atomic E-state index is 11.2. The highest BCUT2D eigenvalue weighted by molar-refractivity contribution is 5.68. The molecular weight excluding hydrogens is 168 g/mol. The van der Waals surface area contributed by atoms with Crippen LogP contribution in [0.15, 0.2) is 11.1 Å². The highest BCUT2D eigenvalue weighted by atomic mass is 16.1. The molecule has 0 aromatic carbocycles. The topological polar surface area (TPSA) is 74.4 Å². The van der Waals surface area contributed by atoms with Crippen LogP contribution in [0.2, 0.25) is 0 Å². The van der Waals surface area contributed by atoms with Gasteiger partial charge in [0, 0.05) is 5.92 Å². The molecule has 2 N–H and O–H groups in total. The Kier molecular flexibility index (Phi) is 1.65. The third kappa shape index (κ3) is 1.22. The first-order valence-corrected chi connectivity index (χ1v) is 4.12. The zero-order valence-corrected chi connectivity index (χ0v) is 7.46. The lowest BCUT2D eigenvalue weighted by Gasteiger charge is -1.95. The van der Waals surface area contributed by atoms with Crippen LogP contribution < -0.4 is 5.56 Å². The van der Waals surface area contributed by atoms with Gasteiger partial charge in [0.1, 0.15) is 5.82 Å². The summed E-state index contributed by atoms with van der Waals surface area (Å²) in [7, 11) is 0. The van der Waals surface area contributed by atoms with Gasteiger partial charge in [0.2, 0.25) is 0 Å². The molecule has 0 fully saturated rings. The van der Waals surface area contributed by atoms with Crippen LogP contribution in [-0.2, 0) is 0 Å². The fourth-order valence-corrected chi connectivity index (χ4v) is 1.13. The third-order valence-electron chi connectivity index (χ3n) is 1.86. The molecule has 0 amide bonds. The summed E-state index contributed by atoms with van der Waals surface area (Å²) in [5.41, 5.74) is 0.753. The SMILES string of the molecule is CC(C)c1nc2nc[nH]c(=O)c2[nH]1. The smallest absolute Gasteiger partial charge is 0.276 e. The summed E-state index contributed by atoms with van der Waals surface area (Å²) in [6, 6.07) is 0. The fourth-order valence-electron chi connectivity index (χ4n) is 1.13. The van der Waals surface area contributed by atoms with Crippen molar-refractivity contribution in [1.82, 2.24) is 19.9 Å². The number of rotatable bonds is 1. The van der Waals surface area contributed by atoms with E-state index in [1.165, 1.54) is 6.33 Å². The highest BCUT2D eigenvalue weighted by Gasteiger charge is 2.08. The first-order chi connectivity index (χ1) is 6.18. The summed E-state index contributed by atoms with van der Waals surface area (Å²) >= 11 is 0. The molecule has 0 aliphatic carbocycles. The van der Waals surface area contributed by atoms with Crippen LogP contribution >= 0.6 is 0 Å². The number of nitrogens with one attached hydrogen (secondary N) is 2. The Bertz CT molecular complexity index is 482. The van der Waals surface area contributed by atoms with Crippen molar-refractivity contribution in [2.24, 2.45) is 0 Å². The van der Waals surface area contributed by atoms with Gasteiger partial charge < -0.3 is 9.97 Å². The van der Waals surface area contributed by atoms with Gasteiger partial charge in [0.05, 0.1) is 6.33 Å². The first kappa shape index (κ1) is 7.97. The van der Waals surface area contributed by atoms with Crippen LogP contribution in [0.1, 0.15) is 25.6 Å². The van der Waals surface area contributed by atoms with E-state index >= 15 is 0 Å². The Labute approximate surface area is 74.2 Å². The average molecular weight is 178 g/mol. The van der Waals surface area contributed by atoms with Crippen LogP contribution in [0.4, 0.5) is 0 Å². The summed E-state index contributed by atoms with van der Waals surface area (Å²) < 4.78 is 0. The molecule has 5 nitrogen and oxygen atoms in total. The number of hydrogen-bond donors (Lipinski definition) is 2. The van der Waals surface area contributed by atoms with Gasteiger partial charge in [-0.2, -0.15) is 0 Å². The van der Waals surface area contributed by atoms with Crippen molar-refractivity contribution in [3.63, 3.8) is 0 Å².